The molecule has 1 aliphatic carbocycles. The van der Waals surface area contributed by atoms with E-state index >= 15 is 0 Å². The van der Waals surface area contributed by atoms with Crippen molar-refractivity contribution in [2.45, 2.75) is 53.9 Å². The molecule has 2 aromatic carbocycles. The van der Waals surface area contributed by atoms with Crippen LogP contribution in [0, 0.1) is 5.92 Å². The Hall–Kier alpha value is -3.02. The molecule has 0 spiro atoms. The number of carbonyl (C=O) groups excluding carboxylic acids is 3. The average Bonchev–Trinajstić information content (AvgIpc) is 3.48. The van der Waals surface area contributed by atoms with E-state index in [4.69, 9.17) is 4.74 Å². The van der Waals surface area contributed by atoms with Gasteiger partial charge in [-0.15, -0.1) is 11.8 Å². The van der Waals surface area contributed by atoms with E-state index in [2.05, 4.69) is 15.8 Å². The van der Waals surface area contributed by atoms with Crippen LogP contribution >= 0.6 is 23.5 Å². The second-order valence-corrected chi connectivity index (χ2v) is 12.6. The topological polar surface area (TPSA) is 137 Å². The maximum atomic E-state index is 13.5. The highest BCUT2D eigenvalue weighted by atomic mass is 32.2. The number of ether oxygens (including phenoxy) is 1. The van der Waals surface area contributed by atoms with E-state index in [1.807, 2.05) is 12.1 Å². The quantitative estimate of drug-likeness (QED) is 0.201. The largest absolute Gasteiger partial charge is 0.466 e. The van der Waals surface area contributed by atoms with Crippen molar-refractivity contribution in [2.24, 2.45) is 11.1 Å². The Morgan fingerprint density at radius 3 is 2.30 bits per heavy atom. The molecule has 3 fully saturated rings. The zero-order chi connectivity index (χ0) is 28.3. The van der Waals surface area contributed by atoms with E-state index in [-0.39, 0.29) is 35.2 Å². The SMILES string of the molecule is CCOC(=O)CCC[C@@H]1[C@@H]2SC[C@](NC(=O)c3ccccc3)(/C2=N\O)[C@@]2(O)[C@@H](NC(=O)c3ccccc3)CS[C@H]12. The second kappa shape index (κ2) is 11.8. The summed E-state index contributed by atoms with van der Waals surface area (Å²) in [4.78, 5) is 38.8. The summed E-state index contributed by atoms with van der Waals surface area (Å²) in [6.45, 7) is 2.08. The van der Waals surface area contributed by atoms with Crippen LogP contribution in [0.25, 0.3) is 0 Å². The van der Waals surface area contributed by atoms with E-state index < -0.39 is 28.3 Å². The van der Waals surface area contributed by atoms with Gasteiger partial charge in [0.25, 0.3) is 11.8 Å². The molecule has 212 valence electrons. The molecule has 40 heavy (non-hydrogen) atoms. The van der Waals surface area contributed by atoms with Gasteiger partial charge in [0.1, 0.15) is 11.1 Å². The van der Waals surface area contributed by atoms with Crippen molar-refractivity contribution < 1.29 is 29.4 Å². The average molecular weight is 584 g/mol. The maximum Gasteiger partial charge on any atom is 0.305 e. The first-order valence-electron chi connectivity index (χ1n) is 13.4. The Kier molecular flexibility index (Phi) is 8.44. The lowest BCUT2D eigenvalue weighted by atomic mass is 9.61. The first-order chi connectivity index (χ1) is 19.4. The summed E-state index contributed by atoms with van der Waals surface area (Å²) in [5.41, 5.74) is -1.91. The molecule has 11 heteroatoms. The third kappa shape index (κ3) is 4.88. The van der Waals surface area contributed by atoms with E-state index in [0.29, 0.717) is 42.0 Å². The molecule has 9 nitrogen and oxygen atoms in total. The number of hydrogen-bond acceptors (Lipinski definition) is 9. The van der Waals surface area contributed by atoms with Crippen LogP contribution in [0.1, 0.15) is 46.9 Å². The van der Waals surface area contributed by atoms with Crippen LogP contribution in [0.3, 0.4) is 0 Å². The van der Waals surface area contributed by atoms with E-state index in [0.717, 1.165) is 0 Å². The van der Waals surface area contributed by atoms with Gasteiger partial charge in [-0.25, -0.2) is 0 Å². The fourth-order valence-corrected chi connectivity index (χ4v) is 10.1. The number of esters is 1. The molecular weight excluding hydrogens is 550 g/mol. The minimum atomic E-state index is -1.66. The molecule has 2 aromatic rings. The van der Waals surface area contributed by atoms with Gasteiger partial charge >= 0.3 is 5.97 Å². The van der Waals surface area contributed by atoms with Gasteiger partial charge in [-0.3, -0.25) is 14.4 Å². The van der Waals surface area contributed by atoms with Gasteiger partial charge in [-0.2, -0.15) is 11.8 Å². The Morgan fingerprint density at radius 2 is 1.68 bits per heavy atom. The number of hydrogen-bond donors (Lipinski definition) is 4. The third-order valence-electron chi connectivity index (χ3n) is 8.09. The van der Waals surface area contributed by atoms with Gasteiger partial charge in [0.2, 0.25) is 0 Å². The van der Waals surface area contributed by atoms with Crippen molar-refractivity contribution in [1.82, 2.24) is 10.6 Å². The molecule has 2 amide bonds. The number of amides is 2. The number of benzene rings is 2. The Balaban J connectivity index is 1.50. The molecule has 0 aromatic heterocycles. The summed E-state index contributed by atoms with van der Waals surface area (Å²) in [5, 5.41) is 32.3. The lowest BCUT2D eigenvalue weighted by Gasteiger charge is -2.53. The monoisotopic (exact) mass is 583 g/mol. The lowest BCUT2D eigenvalue weighted by Crippen LogP contribution is -2.80. The Morgan fingerprint density at radius 1 is 1.02 bits per heavy atom. The molecular formula is C29H33N3O6S2. The summed E-state index contributed by atoms with van der Waals surface area (Å²) in [7, 11) is 0. The lowest BCUT2D eigenvalue weighted by molar-refractivity contribution is -0.143. The van der Waals surface area contributed by atoms with E-state index in [1.54, 1.807) is 67.2 Å². The molecule has 2 bridgehead atoms. The molecule has 2 saturated heterocycles. The number of thioether (sulfide) groups is 2. The summed E-state index contributed by atoms with van der Waals surface area (Å²) < 4.78 is 5.09. The molecule has 5 rings (SSSR count). The van der Waals surface area contributed by atoms with Crippen molar-refractivity contribution in [1.29, 1.82) is 0 Å². The van der Waals surface area contributed by atoms with Gasteiger partial charge < -0.3 is 25.7 Å². The maximum absolute atomic E-state index is 13.5. The predicted molar refractivity (Wildman–Crippen MR) is 155 cm³/mol. The Bertz CT molecular complexity index is 1280. The fourth-order valence-electron chi connectivity index (χ4n) is 6.26. The van der Waals surface area contributed by atoms with Gasteiger partial charge in [-0.1, -0.05) is 41.6 Å². The number of nitrogens with one attached hydrogen (secondary N) is 2. The van der Waals surface area contributed by atoms with Crippen LogP contribution in [0.15, 0.2) is 65.8 Å². The number of fused-ring (bicyclic) bond motifs is 4. The molecule has 6 atom stereocenters. The van der Waals surface area contributed by atoms with Crippen LogP contribution in [-0.4, -0.2) is 79.6 Å². The number of carbonyl (C=O) groups is 3. The summed E-state index contributed by atoms with van der Waals surface area (Å²) in [6, 6.07) is 16.7. The van der Waals surface area contributed by atoms with Gasteiger partial charge in [0, 0.05) is 34.3 Å². The predicted octanol–water partition coefficient (Wildman–Crippen LogP) is 3.11. The summed E-state index contributed by atoms with van der Waals surface area (Å²) >= 11 is 3.07. The summed E-state index contributed by atoms with van der Waals surface area (Å²) in [6.07, 6.45) is 1.36. The smallest absolute Gasteiger partial charge is 0.305 e. The van der Waals surface area contributed by atoms with Crippen LogP contribution in [0.5, 0.6) is 0 Å². The Labute approximate surface area is 241 Å². The fraction of sp³-hybridized carbons (Fsp3) is 0.448. The first kappa shape index (κ1) is 28.5. The van der Waals surface area contributed by atoms with Gasteiger partial charge in [0.15, 0.2) is 0 Å². The number of oxime groups is 1. The van der Waals surface area contributed by atoms with Crippen LogP contribution in [0.2, 0.25) is 0 Å². The first-order valence-corrected chi connectivity index (χ1v) is 15.5. The highest BCUT2D eigenvalue weighted by molar-refractivity contribution is 8.02. The second-order valence-electron chi connectivity index (χ2n) is 10.3. The van der Waals surface area contributed by atoms with Gasteiger partial charge in [0.05, 0.1) is 23.6 Å². The highest BCUT2D eigenvalue weighted by Crippen LogP contribution is 2.59. The van der Waals surface area contributed by atoms with Crippen LogP contribution in [0.4, 0.5) is 0 Å². The highest BCUT2D eigenvalue weighted by Gasteiger charge is 2.75. The normalized spacial score (nSPS) is 31.4. The summed E-state index contributed by atoms with van der Waals surface area (Å²) in [5.74, 6) is -0.494. The zero-order valence-corrected chi connectivity index (χ0v) is 23.7. The standard InChI is InChI=1S/C29H33N3O6S2/c1-2-38-22(33)15-9-14-20-23-24(32-37)28(17-40-23,31-27(35)19-12-7-4-8-13-19)29(36)21(16-39-25(20)29)30-26(34)18-10-5-3-6-11-18/h3-8,10-13,20-21,23,25,36-37H,2,9,14-17H2,1H3,(H,30,34)(H,31,35)/b32-24-/t20-,21+,23+,25-,28+,29-/m1/s1. The number of rotatable bonds is 9. The zero-order valence-electron chi connectivity index (χ0n) is 22.1. The number of nitrogens with zero attached hydrogens (tertiary/aromatic N) is 1. The molecule has 0 radical (unpaired) electrons. The molecule has 3 aliphatic rings. The van der Waals surface area contributed by atoms with Gasteiger partial charge in [-0.05, 0) is 49.9 Å². The molecule has 1 saturated carbocycles. The molecule has 2 aliphatic heterocycles. The molecule has 0 unspecified atom stereocenters. The molecule has 2 heterocycles. The van der Waals surface area contributed by atoms with Crippen molar-refractivity contribution in [3.05, 3.63) is 71.8 Å². The van der Waals surface area contributed by atoms with Crippen molar-refractivity contribution in [3.63, 3.8) is 0 Å². The van der Waals surface area contributed by atoms with Crippen LogP contribution < -0.4 is 10.6 Å². The van der Waals surface area contributed by atoms with Crippen molar-refractivity contribution in [3.8, 4) is 0 Å². The third-order valence-corrected chi connectivity index (χ3v) is 11.2. The van der Waals surface area contributed by atoms with Crippen molar-refractivity contribution in [2.75, 3.05) is 18.1 Å². The van der Waals surface area contributed by atoms with E-state index in [1.165, 1.54) is 11.8 Å². The van der Waals surface area contributed by atoms with E-state index in [9.17, 15) is 24.7 Å². The minimum absolute atomic E-state index is 0.164. The molecule has 4 N–H and O–H groups in total. The van der Waals surface area contributed by atoms with Crippen molar-refractivity contribution >= 4 is 47.0 Å². The van der Waals surface area contributed by atoms with Crippen LogP contribution in [-0.2, 0) is 9.53 Å². The number of aliphatic hydroxyl groups is 1. The minimum Gasteiger partial charge on any atom is -0.466 e.